The van der Waals surface area contributed by atoms with E-state index >= 15 is 0 Å². The van der Waals surface area contributed by atoms with Crippen molar-refractivity contribution in [2.75, 3.05) is 11.9 Å². The average molecular weight is 421 g/mol. The van der Waals surface area contributed by atoms with Crippen LogP contribution in [0.2, 0.25) is 5.02 Å². The molecule has 30 heavy (non-hydrogen) atoms. The molecule has 1 N–H and O–H groups in total. The van der Waals surface area contributed by atoms with Gasteiger partial charge in [-0.1, -0.05) is 29.8 Å². The van der Waals surface area contributed by atoms with E-state index in [1.807, 2.05) is 62.4 Å². The van der Waals surface area contributed by atoms with Crippen molar-refractivity contribution >= 4 is 34.3 Å². The summed E-state index contributed by atoms with van der Waals surface area (Å²) in [6.45, 7) is 4.00. The molecule has 4 rings (SSSR count). The first kappa shape index (κ1) is 20.0. The summed E-state index contributed by atoms with van der Waals surface area (Å²) >= 11 is 5.99. The Morgan fingerprint density at radius 2 is 1.83 bits per heavy atom. The molecule has 5 nitrogen and oxygen atoms in total. The highest BCUT2D eigenvalue weighted by molar-refractivity contribution is 6.31. The third kappa shape index (κ3) is 4.81. The van der Waals surface area contributed by atoms with Crippen molar-refractivity contribution in [3.63, 3.8) is 0 Å². The summed E-state index contributed by atoms with van der Waals surface area (Å²) in [7, 11) is 0. The number of anilines is 1. The number of hydrogen-bond donors (Lipinski definition) is 1. The smallest absolute Gasteiger partial charge is 0.262 e. The van der Waals surface area contributed by atoms with E-state index < -0.39 is 0 Å². The SMILES string of the molecule is Cc1ccc(OCC(=O)Nc2ccc(Cc3nc4cc(Cl)ccc4o3)cc2)cc1C. The van der Waals surface area contributed by atoms with Gasteiger partial charge in [0.15, 0.2) is 18.1 Å². The van der Waals surface area contributed by atoms with Crippen LogP contribution in [0.25, 0.3) is 11.1 Å². The van der Waals surface area contributed by atoms with Gasteiger partial charge in [-0.25, -0.2) is 4.98 Å². The fraction of sp³-hybridized carbons (Fsp3) is 0.167. The van der Waals surface area contributed by atoms with E-state index in [2.05, 4.69) is 10.3 Å². The van der Waals surface area contributed by atoms with E-state index in [0.29, 0.717) is 34.4 Å². The van der Waals surface area contributed by atoms with Crippen molar-refractivity contribution in [1.82, 2.24) is 4.98 Å². The number of carbonyl (C=O) groups is 1. The number of aryl methyl sites for hydroxylation is 2. The Labute approximate surface area is 179 Å². The van der Waals surface area contributed by atoms with Crippen molar-refractivity contribution in [3.8, 4) is 5.75 Å². The van der Waals surface area contributed by atoms with E-state index in [0.717, 1.165) is 16.6 Å². The fourth-order valence-corrected chi connectivity index (χ4v) is 3.22. The lowest BCUT2D eigenvalue weighted by atomic mass is 10.1. The average Bonchev–Trinajstić information content (AvgIpc) is 3.11. The van der Waals surface area contributed by atoms with Gasteiger partial charge in [0.1, 0.15) is 11.3 Å². The Hall–Kier alpha value is -3.31. The lowest BCUT2D eigenvalue weighted by Gasteiger charge is -2.09. The van der Waals surface area contributed by atoms with E-state index in [4.69, 9.17) is 20.8 Å². The molecule has 0 bridgehead atoms. The zero-order chi connectivity index (χ0) is 21.1. The largest absolute Gasteiger partial charge is 0.484 e. The second-order valence-electron chi connectivity index (χ2n) is 7.18. The number of hydrogen-bond acceptors (Lipinski definition) is 4. The van der Waals surface area contributed by atoms with Crippen LogP contribution in [0.15, 0.2) is 65.1 Å². The molecule has 0 spiro atoms. The predicted octanol–water partition coefficient (Wildman–Crippen LogP) is 5.71. The molecule has 1 aromatic heterocycles. The summed E-state index contributed by atoms with van der Waals surface area (Å²) in [6, 6.07) is 18.7. The summed E-state index contributed by atoms with van der Waals surface area (Å²) in [5, 5.41) is 3.47. The number of benzene rings is 3. The Morgan fingerprint density at radius 3 is 2.60 bits per heavy atom. The quantitative estimate of drug-likeness (QED) is 0.434. The predicted molar refractivity (Wildman–Crippen MR) is 118 cm³/mol. The van der Waals surface area contributed by atoms with Crippen molar-refractivity contribution in [2.45, 2.75) is 20.3 Å². The van der Waals surface area contributed by atoms with E-state index in [9.17, 15) is 4.79 Å². The molecule has 6 heteroatoms. The van der Waals surface area contributed by atoms with Gasteiger partial charge in [0.2, 0.25) is 0 Å². The van der Waals surface area contributed by atoms with Crippen LogP contribution in [0.1, 0.15) is 22.6 Å². The van der Waals surface area contributed by atoms with Crippen molar-refractivity contribution < 1.29 is 13.9 Å². The molecular weight excluding hydrogens is 400 g/mol. The van der Waals surface area contributed by atoms with E-state index in [1.54, 1.807) is 12.1 Å². The molecule has 0 aliphatic rings. The second kappa shape index (κ2) is 8.59. The summed E-state index contributed by atoms with van der Waals surface area (Å²) in [5.41, 5.74) is 5.50. The Balaban J connectivity index is 1.33. The van der Waals surface area contributed by atoms with Crippen LogP contribution in [0, 0.1) is 13.8 Å². The lowest BCUT2D eigenvalue weighted by Crippen LogP contribution is -2.20. The summed E-state index contributed by atoms with van der Waals surface area (Å²) in [6.07, 6.45) is 0.552. The van der Waals surface area contributed by atoms with Gasteiger partial charge >= 0.3 is 0 Å². The molecule has 0 fully saturated rings. The number of oxazole rings is 1. The van der Waals surface area contributed by atoms with Gasteiger partial charge in [-0.3, -0.25) is 4.79 Å². The maximum absolute atomic E-state index is 12.2. The molecule has 0 saturated carbocycles. The van der Waals surface area contributed by atoms with Gasteiger partial charge in [0, 0.05) is 17.1 Å². The lowest BCUT2D eigenvalue weighted by molar-refractivity contribution is -0.118. The molecular formula is C24H21ClN2O3. The summed E-state index contributed by atoms with van der Waals surface area (Å²) in [5.74, 6) is 1.09. The molecule has 0 aliphatic carbocycles. The maximum atomic E-state index is 12.2. The first-order valence-corrected chi connectivity index (χ1v) is 9.98. The minimum Gasteiger partial charge on any atom is -0.484 e. The Kier molecular flexibility index (Phi) is 5.72. The second-order valence-corrected chi connectivity index (χ2v) is 7.61. The van der Waals surface area contributed by atoms with Crippen LogP contribution in [0.4, 0.5) is 5.69 Å². The zero-order valence-electron chi connectivity index (χ0n) is 16.7. The Bertz CT molecular complexity index is 1200. The number of amides is 1. The normalized spacial score (nSPS) is 10.9. The molecule has 3 aromatic carbocycles. The number of fused-ring (bicyclic) bond motifs is 1. The minimum atomic E-state index is -0.211. The number of ether oxygens (including phenoxy) is 1. The van der Waals surface area contributed by atoms with Gasteiger partial charge in [-0.15, -0.1) is 0 Å². The van der Waals surface area contributed by atoms with E-state index in [-0.39, 0.29) is 12.5 Å². The van der Waals surface area contributed by atoms with Crippen LogP contribution < -0.4 is 10.1 Å². The topological polar surface area (TPSA) is 64.4 Å². The highest BCUT2D eigenvalue weighted by Gasteiger charge is 2.08. The number of nitrogens with one attached hydrogen (secondary N) is 1. The Morgan fingerprint density at radius 1 is 1.03 bits per heavy atom. The van der Waals surface area contributed by atoms with E-state index in [1.165, 1.54) is 5.56 Å². The number of halogens is 1. The molecule has 0 radical (unpaired) electrons. The van der Waals surface area contributed by atoms with Crippen molar-refractivity contribution in [1.29, 1.82) is 0 Å². The van der Waals surface area contributed by atoms with Crippen LogP contribution in [-0.2, 0) is 11.2 Å². The molecule has 1 heterocycles. The number of nitrogens with zero attached hydrogens (tertiary/aromatic N) is 1. The van der Waals surface area contributed by atoms with Crippen LogP contribution in [-0.4, -0.2) is 17.5 Å². The number of rotatable bonds is 6. The van der Waals surface area contributed by atoms with Crippen molar-refractivity contribution in [2.24, 2.45) is 0 Å². The number of carbonyl (C=O) groups excluding carboxylic acids is 1. The minimum absolute atomic E-state index is 0.0459. The van der Waals surface area contributed by atoms with Crippen LogP contribution >= 0.6 is 11.6 Å². The van der Waals surface area contributed by atoms with Gasteiger partial charge in [-0.05, 0) is 73.0 Å². The third-order valence-corrected chi connectivity index (χ3v) is 5.07. The highest BCUT2D eigenvalue weighted by Crippen LogP contribution is 2.22. The van der Waals surface area contributed by atoms with Crippen LogP contribution in [0.5, 0.6) is 5.75 Å². The molecule has 0 saturated heterocycles. The molecule has 1 amide bonds. The molecule has 4 aromatic rings. The van der Waals surface area contributed by atoms with Gasteiger partial charge < -0.3 is 14.5 Å². The van der Waals surface area contributed by atoms with Gasteiger partial charge in [0.05, 0.1) is 0 Å². The first-order valence-electron chi connectivity index (χ1n) is 9.60. The number of aromatic nitrogens is 1. The summed E-state index contributed by atoms with van der Waals surface area (Å²) < 4.78 is 11.3. The highest BCUT2D eigenvalue weighted by atomic mass is 35.5. The molecule has 152 valence electrons. The third-order valence-electron chi connectivity index (χ3n) is 4.84. The standard InChI is InChI=1S/C24H21ClN2O3/c1-15-3-9-20(11-16(15)2)29-14-23(28)26-19-7-4-17(5-8-19)12-24-27-21-13-18(25)6-10-22(21)30-24/h3-11,13H,12,14H2,1-2H3,(H,26,28). The molecule has 0 unspecified atom stereocenters. The van der Waals surface area contributed by atoms with Crippen molar-refractivity contribution in [3.05, 3.63) is 88.3 Å². The summed E-state index contributed by atoms with van der Waals surface area (Å²) in [4.78, 5) is 16.6. The fourth-order valence-electron chi connectivity index (χ4n) is 3.05. The van der Waals surface area contributed by atoms with Crippen LogP contribution in [0.3, 0.4) is 0 Å². The zero-order valence-corrected chi connectivity index (χ0v) is 17.5. The monoisotopic (exact) mass is 420 g/mol. The molecule has 0 atom stereocenters. The first-order chi connectivity index (χ1) is 14.5. The molecule has 0 aliphatic heterocycles. The van der Waals surface area contributed by atoms with Gasteiger partial charge in [0.25, 0.3) is 5.91 Å². The maximum Gasteiger partial charge on any atom is 0.262 e. The van der Waals surface area contributed by atoms with Gasteiger partial charge in [-0.2, -0.15) is 0 Å².